The highest BCUT2D eigenvalue weighted by molar-refractivity contribution is 5.88. The fraction of sp³-hybridized carbons (Fsp3) is 0.636. The molecule has 0 aliphatic carbocycles. The molecular formula is C22H35N3O3. The van der Waals surface area contributed by atoms with Crippen molar-refractivity contribution in [3.8, 4) is 0 Å². The van der Waals surface area contributed by atoms with Crippen LogP contribution in [-0.2, 0) is 20.7 Å². The topological polar surface area (TPSA) is 70.7 Å². The number of hydrogen-bond acceptors (Lipinski definition) is 4. The van der Waals surface area contributed by atoms with E-state index in [2.05, 4.69) is 29.4 Å². The number of hydrogen-bond donors (Lipinski definition) is 2. The van der Waals surface area contributed by atoms with Gasteiger partial charge in [0, 0.05) is 26.2 Å². The van der Waals surface area contributed by atoms with E-state index in [1.54, 1.807) is 0 Å². The highest BCUT2D eigenvalue weighted by atomic mass is 16.5. The third kappa shape index (κ3) is 7.60. The second-order valence-electron chi connectivity index (χ2n) is 8.34. The normalized spacial score (nSPS) is 18.9. The van der Waals surface area contributed by atoms with Gasteiger partial charge in [-0.15, -0.1) is 0 Å². The molecule has 1 aromatic carbocycles. The Morgan fingerprint density at radius 2 is 1.89 bits per heavy atom. The molecule has 0 bridgehead atoms. The van der Waals surface area contributed by atoms with Crippen molar-refractivity contribution in [1.82, 2.24) is 15.5 Å². The van der Waals surface area contributed by atoms with Gasteiger partial charge in [-0.25, -0.2) is 0 Å². The van der Waals surface area contributed by atoms with Crippen LogP contribution in [0.2, 0.25) is 0 Å². The number of rotatable bonds is 9. The lowest BCUT2D eigenvalue weighted by Gasteiger charge is -2.34. The quantitative estimate of drug-likeness (QED) is 0.676. The van der Waals surface area contributed by atoms with Gasteiger partial charge in [0.15, 0.2) is 0 Å². The zero-order valence-electron chi connectivity index (χ0n) is 17.6. The van der Waals surface area contributed by atoms with Gasteiger partial charge in [0.25, 0.3) is 0 Å². The Morgan fingerprint density at radius 3 is 2.54 bits per heavy atom. The van der Waals surface area contributed by atoms with E-state index < -0.39 is 6.04 Å². The van der Waals surface area contributed by atoms with Crippen LogP contribution in [-0.4, -0.2) is 61.6 Å². The van der Waals surface area contributed by atoms with Crippen LogP contribution in [0.3, 0.4) is 0 Å². The Bertz CT molecular complexity index is 619. The minimum absolute atomic E-state index is 0.00411. The zero-order chi connectivity index (χ0) is 20.5. The van der Waals surface area contributed by atoms with E-state index in [1.807, 2.05) is 44.2 Å². The highest BCUT2D eigenvalue weighted by Gasteiger charge is 2.26. The van der Waals surface area contributed by atoms with Gasteiger partial charge >= 0.3 is 0 Å². The van der Waals surface area contributed by atoms with E-state index in [4.69, 9.17) is 4.74 Å². The van der Waals surface area contributed by atoms with Crippen molar-refractivity contribution in [2.24, 2.45) is 11.8 Å². The van der Waals surface area contributed by atoms with Gasteiger partial charge in [-0.3, -0.25) is 14.5 Å². The Morgan fingerprint density at radius 1 is 1.18 bits per heavy atom. The lowest BCUT2D eigenvalue weighted by Crippen LogP contribution is -2.53. The van der Waals surface area contributed by atoms with Gasteiger partial charge in [-0.2, -0.15) is 0 Å². The van der Waals surface area contributed by atoms with Gasteiger partial charge in [-0.1, -0.05) is 58.0 Å². The molecule has 2 N–H and O–H groups in total. The van der Waals surface area contributed by atoms with Crippen molar-refractivity contribution in [3.63, 3.8) is 0 Å². The molecule has 1 saturated heterocycles. The number of nitrogens with one attached hydrogen (secondary N) is 2. The maximum absolute atomic E-state index is 12.7. The molecular weight excluding hydrogens is 354 g/mol. The van der Waals surface area contributed by atoms with Crippen LogP contribution < -0.4 is 10.6 Å². The lowest BCUT2D eigenvalue weighted by molar-refractivity contribution is -0.130. The molecule has 6 nitrogen and oxygen atoms in total. The fourth-order valence-corrected chi connectivity index (χ4v) is 3.45. The predicted molar refractivity (Wildman–Crippen MR) is 111 cm³/mol. The molecule has 0 saturated carbocycles. The van der Waals surface area contributed by atoms with E-state index in [0.717, 1.165) is 25.2 Å². The summed E-state index contributed by atoms with van der Waals surface area (Å²) in [6.07, 6.45) is 0.261. The molecule has 2 rings (SSSR count). The predicted octanol–water partition coefficient (Wildman–Crippen LogP) is 1.84. The summed E-state index contributed by atoms with van der Waals surface area (Å²) in [4.78, 5) is 27.4. The summed E-state index contributed by atoms with van der Waals surface area (Å²) in [5.74, 6) is 0.320. The van der Waals surface area contributed by atoms with E-state index in [9.17, 15) is 9.59 Å². The van der Waals surface area contributed by atoms with E-state index >= 15 is 0 Å². The molecule has 1 heterocycles. The Labute approximate surface area is 169 Å². The Hall–Kier alpha value is -1.92. The van der Waals surface area contributed by atoms with Crippen LogP contribution >= 0.6 is 0 Å². The van der Waals surface area contributed by atoms with Crippen LogP contribution in [0.15, 0.2) is 30.3 Å². The molecule has 0 spiro atoms. The summed E-state index contributed by atoms with van der Waals surface area (Å²) in [7, 11) is 0. The molecule has 1 aromatic rings. The van der Waals surface area contributed by atoms with Gasteiger partial charge in [0.05, 0.1) is 19.1 Å². The number of ether oxygens (including phenoxy) is 1. The van der Waals surface area contributed by atoms with Gasteiger partial charge in [-0.05, 0) is 17.4 Å². The van der Waals surface area contributed by atoms with Crippen LogP contribution in [0.25, 0.3) is 0 Å². The van der Waals surface area contributed by atoms with Gasteiger partial charge in [0.2, 0.25) is 11.8 Å². The third-order valence-electron chi connectivity index (χ3n) is 4.82. The summed E-state index contributed by atoms with van der Waals surface area (Å²) >= 11 is 0. The number of carbonyl (C=O) groups excluding carboxylic acids is 2. The monoisotopic (exact) mass is 389 g/mol. The summed E-state index contributed by atoms with van der Waals surface area (Å²) in [6.45, 7) is 12.2. The van der Waals surface area contributed by atoms with Crippen molar-refractivity contribution < 1.29 is 14.3 Å². The third-order valence-corrected chi connectivity index (χ3v) is 4.82. The molecule has 1 fully saturated rings. The number of benzene rings is 1. The lowest BCUT2D eigenvalue weighted by atomic mass is 10.0. The molecule has 6 heteroatoms. The highest BCUT2D eigenvalue weighted by Crippen LogP contribution is 2.09. The summed E-state index contributed by atoms with van der Waals surface area (Å²) < 4.78 is 5.80. The standard InChI is InChI=1S/C22H35N3O3/c1-16(2)14-25-10-11-28-19(15-25)13-23-22(27)21(17(3)4)24-20(26)12-18-8-6-5-7-9-18/h5-9,16-17,19,21H,10-15H2,1-4H3,(H,23,27)(H,24,26). The second kappa shape index (κ2) is 11.2. The van der Waals surface area contributed by atoms with Crippen LogP contribution in [0, 0.1) is 11.8 Å². The maximum atomic E-state index is 12.7. The Kier molecular flexibility index (Phi) is 8.93. The molecule has 1 aliphatic heterocycles. The van der Waals surface area contributed by atoms with E-state index in [-0.39, 0.29) is 30.3 Å². The van der Waals surface area contributed by atoms with Crippen LogP contribution in [0.4, 0.5) is 0 Å². The maximum Gasteiger partial charge on any atom is 0.242 e. The molecule has 0 radical (unpaired) electrons. The fourth-order valence-electron chi connectivity index (χ4n) is 3.45. The smallest absolute Gasteiger partial charge is 0.242 e. The summed E-state index contributed by atoms with van der Waals surface area (Å²) in [5.41, 5.74) is 0.934. The molecule has 2 atom stereocenters. The largest absolute Gasteiger partial charge is 0.374 e. The van der Waals surface area contributed by atoms with Crippen molar-refractivity contribution in [1.29, 1.82) is 0 Å². The SMILES string of the molecule is CC(C)CN1CCOC(CNC(=O)C(NC(=O)Cc2ccccc2)C(C)C)C1. The molecule has 2 unspecified atom stereocenters. The number of nitrogens with zero attached hydrogens (tertiary/aromatic N) is 1. The average Bonchev–Trinajstić information content (AvgIpc) is 2.64. The summed E-state index contributed by atoms with van der Waals surface area (Å²) in [6, 6.07) is 9.00. The van der Waals surface area contributed by atoms with Crippen molar-refractivity contribution >= 4 is 11.8 Å². The first-order valence-corrected chi connectivity index (χ1v) is 10.3. The second-order valence-corrected chi connectivity index (χ2v) is 8.34. The first kappa shape index (κ1) is 22.4. The molecule has 156 valence electrons. The number of amides is 2. The number of morpholine rings is 1. The Balaban J connectivity index is 1.82. The molecule has 1 aliphatic rings. The van der Waals surface area contributed by atoms with E-state index in [1.165, 1.54) is 0 Å². The molecule has 0 aromatic heterocycles. The zero-order valence-corrected chi connectivity index (χ0v) is 17.6. The van der Waals surface area contributed by atoms with Gasteiger partial charge in [0.1, 0.15) is 6.04 Å². The van der Waals surface area contributed by atoms with E-state index in [0.29, 0.717) is 19.1 Å². The minimum Gasteiger partial charge on any atom is -0.374 e. The van der Waals surface area contributed by atoms with Crippen molar-refractivity contribution in [2.45, 2.75) is 46.3 Å². The summed E-state index contributed by atoms with van der Waals surface area (Å²) in [5, 5.41) is 5.86. The first-order chi connectivity index (χ1) is 13.3. The van der Waals surface area contributed by atoms with Crippen LogP contribution in [0.5, 0.6) is 0 Å². The minimum atomic E-state index is -0.549. The van der Waals surface area contributed by atoms with Gasteiger partial charge < -0.3 is 15.4 Å². The molecule has 28 heavy (non-hydrogen) atoms. The molecule has 2 amide bonds. The average molecular weight is 390 g/mol. The van der Waals surface area contributed by atoms with Crippen molar-refractivity contribution in [2.75, 3.05) is 32.8 Å². The first-order valence-electron chi connectivity index (χ1n) is 10.3. The van der Waals surface area contributed by atoms with Crippen molar-refractivity contribution in [3.05, 3.63) is 35.9 Å². The number of carbonyl (C=O) groups is 2. The van der Waals surface area contributed by atoms with Crippen LogP contribution in [0.1, 0.15) is 33.3 Å².